The molecule has 5 N–H and O–H groups in total. The van der Waals surface area contributed by atoms with Gasteiger partial charge in [0.1, 0.15) is 29.9 Å². The highest BCUT2D eigenvalue weighted by Crippen LogP contribution is 2.42. The van der Waals surface area contributed by atoms with Crippen molar-refractivity contribution < 1.29 is 38.7 Å². The third kappa shape index (κ3) is 9.11. The number of Topliss-reactive ketones (excluding diaryl/α,β-unsaturated/α-hetero) is 1. The first-order chi connectivity index (χ1) is 25.9. The summed E-state index contributed by atoms with van der Waals surface area (Å²) < 4.78 is 0. The fourth-order valence-electron chi connectivity index (χ4n) is 8.28. The molecule has 1 saturated carbocycles. The van der Waals surface area contributed by atoms with E-state index < -0.39 is 71.5 Å². The highest BCUT2D eigenvalue weighted by Gasteiger charge is 2.57. The van der Waals surface area contributed by atoms with Crippen LogP contribution in [0, 0.1) is 17.8 Å². The molecule has 3 aliphatic rings. The monoisotopic (exact) mass is 745 g/mol. The second-order valence-corrected chi connectivity index (χ2v) is 14.7. The highest BCUT2D eigenvalue weighted by molar-refractivity contribution is 6.38. The van der Waals surface area contributed by atoms with E-state index in [2.05, 4.69) is 31.2 Å². The number of carboxylic acid groups (broad SMARTS) is 1. The number of rotatable bonds is 16. The lowest BCUT2D eigenvalue weighted by molar-refractivity contribution is -0.145. The van der Waals surface area contributed by atoms with Crippen LogP contribution in [0.5, 0.6) is 0 Å². The zero-order chi connectivity index (χ0) is 38.9. The third-order valence-electron chi connectivity index (χ3n) is 11.2. The summed E-state index contributed by atoms with van der Waals surface area (Å²) in [6.07, 6.45) is 10.1. The maximum atomic E-state index is 14.2. The van der Waals surface area contributed by atoms with Crippen LogP contribution >= 0.6 is 0 Å². The summed E-state index contributed by atoms with van der Waals surface area (Å²) in [5.41, 5.74) is 0.732. The van der Waals surface area contributed by atoms with Crippen molar-refractivity contribution in [3.8, 4) is 0 Å². The molecule has 0 radical (unpaired) electrons. The normalized spacial score (nSPS) is 24.1. The molecule has 290 valence electrons. The number of carbonyl (C=O) groups excluding carboxylic acids is 6. The lowest BCUT2D eigenvalue weighted by Gasteiger charge is -2.31. The molecule has 2 aromatic rings. The first-order valence-corrected chi connectivity index (χ1v) is 19.1. The van der Waals surface area contributed by atoms with E-state index in [1.54, 1.807) is 37.3 Å². The number of nitrogens with zero attached hydrogens (tertiary/aromatic N) is 3. The van der Waals surface area contributed by atoms with Gasteiger partial charge in [0.2, 0.25) is 23.5 Å². The van der Waals surface area contributed by atoms with E-state index in [-0.39, 0.29) is 42.3 Å². The summed E-state index contributed by atoms with van der Waals surface area (Å²) >= 11 is 0. The Hall–Kier alpha value is -5.21. The van der Waals surface area contributed by atoms with Gasteiger partial charge in [-0.25, -0.2) is 9.78 Å². The Morgan fingerprint density at radius 3 is 2.30 bits per heavy atom. The van der Waals surface area contributed by atoms with E-state index in [9.17, 15) is 38.7 Å². The number of aromatic nitrogens is 2. The van der Waals surface area contributed by atoms with Gasteiger partial charge >= 0.3 is 5.97 Å². The van der Waals surface area contributed by atoms with Crippen molar-refractivity contribution in [2.24, 2.45) is 17.8 Å². The van der Waals surface area contributed by atoms with Gasteiger partial charge in [0.15, 0.2) is 0 Å². The maximum Gasteiger partial charge on any atom is 0.326 e. The van der Waals surface area contributed by atoms with E-state index >= 15 is 0 Å². The SMILES string of the molecule is CCCC(NC(=O)[C@@H]1[C@@H](CC)CC2C(C)[C@H](NC(=O)[C@@H](NC(=O)c3cnccn3)C3CCCCC3)C(=O)N21)C(=O)C(=O)N[C@@H](Cc1ccccc1)C(=O)O. The molecule has 3 fully saturated rings. The highest BCUT2D eigenvalue weighted by atomic mass is 16.4. The summed E-state index contributed by atoms with van der Waals surface area (Å²) in [6.45, 7) is 5.56. The number of hydrogen-bond acceptors (Lipinski definition) is 9. The number of hydrogen-bond donors (Lipinski definition) is 5. The average Bonchev–Trinajstić information content (AvgIpc) is 3.68. The number of benzene rings is 1. The quantitative estimate of drug-likeness (QED) is 0.157. The first kappa shape index (κ1) is 40.0. The minimum Gasteiger partial charge on any atom is -0.480 e. The van der Waals surface area contributed by atoms with Crippen LogP contribution in [0.3, 0.4) is 0 Å². The van der Waals surface area contributed by atoms with Crippen molar-refractivity contribution in [1.29, 1.82) is 0 Å². The molecule has 5 amide bonds. The second-order valence-electron chi connectivity index (χ2n) is 14.7. The van der Waals surface area contributed by atoms with Crippen molar-refractivity contribution in [2.75, 3.05) is 0 Å². The van der Waals surface area contributed by atoms with Crippen LogP contribution in [0.2, 0.25) is 0 Å². The van der Waals surface area contributed by atoms with Gasteiger partial charge in [0.25, 0.3) is 11.8 Å². The molecule has 54 heavy (non-hydrogen) atoms. The molecule has 15 nitrogen and oxygen atoms in total. The predicted octanol–water partition coefficient (Wildman–Crippen LogP) is 1.95. The fourth-order valence-corrected chi connectivity index (χ4v) is 8.28. The van der Waals surface area contributed by atoms with Crippen LogP contribution in [-0.4, -0.2) is 97.5 Å². The summed E-state index contributed by atoms with van der Waals surface area (Å²) in [4.78, 5) is 103. The first-order valence-electron chi connectivity index (χ1n) is 19.1. The predicted molar refractivity (Wildman–Crippen MR) is 195 cm³/mol. The Morgan fingerprint density at radius 1 is 0.944 bits per heavy atom. The Kier molecular flexibility index (Phi) is 13.5. The topological polar surface area (TPSA) is 217 Å². The molecule has 8 atom stereocenters. The number of nitrogens with one attached hydrogen (secondary N) is 4. The Balaban J connectivity index is 1.28. The van der Waals surface area contributed by atoms with Gasteiger partial charge in [0, 0.05) is 30.8 Å². The van der Waals surface area contributed by atoms with E-state index in [4.69, 9.17) is 0 Å². The lowest BCUT2D eigenvalue weighted by Crippen LogP contribution is -2.58. The molecule has 1 aromatic carbocycles. The molecule has 2 saturated heterocycles. The number of carbonyl (C=O) groups is 7. The maximum absolute atomic E-state index is 14.2. The summed E-state index contributed by atoms with van der Waals surface area (Å²) in [6, 6.07) is 2.90. The van der Waals surface area contributed by atoms with E-state index in [0.717, 1.165) is 32.1 Å². The molecule has 3 unspecified atom stereocenters. The molecular weight excluding hydrogens is 694 g/mol. The number of carboxylic acids is 1. The summed E-state index contributed by atoms with van der Waals surface area (Å²) in [5.74, 6) is -6.19. The van der Waals surface area contributed by atoms with Gasteiger partial charge in [-0.3, -0.25) is 33.8 Å². The number of amides is 5. The van der Waals surface area contributed by atoms with Crippen molar-refractivity contribution in [2.45, 2.75) is 121 Å². The van der Waals surface area contributed by atoms with E-state index in [0.29, 0.717) is 24.8 Å². The van der Waals surface area contributed by atoms with Crippen LogP contribution < -0.4 is 21.3 Å². The number of aliphatic carboxylic acids is 1. The largest absolute Gasteiger partial charge is 0.480 e. The molecule has 2 aliphatic heterocycles. The number of fused-ring (bicyclic) bond motifs is 1. The molecule has 0 spiro atoms. The van der Waals surface area contributed by atoms with Crippen LogP contribution in [0.15, 0.2) is 48.9 Å². The van der Waals surface area contributed by atoms with Crippen molar-refractivity contribution >= 4 is 41.3 Å². The average molecular weight is 746 g/mol. The van der Waals surface area contributed by atoms with E-state index in [1.165, 1.54) is 23.5 Å². The van der Waals surface area contributed by atoms with Crippen LogP contribution in [0.4, 0.5) is 0 Å². The molecule has 15 heteroatoms. The van der Waals surface area contributed by atoms with Crippen LogP contribution in [0.1, 0.15) is 94.6 Å². The van der Waals surface area contributed by atoms with Crippen molar-refractivity contribution in [1.82, 2.24) is 36.1 Å². The van der Waals surface area contributed by atoms with Gasteiger partial charge in [-0.1, -0.05) is 83.2 Å². The molecule has 0 bridgehead atoms. The van der Waals surface area contributed by atoms with Gasteiger partial charge < -0.3 is 31.3 Å². The minimum atomic E-state index is -1.37. The van der Waals surface area contributed by atoms with Crippen LogP contribution in [0.25, 0.3) is 0 Å². The Morgan fingerprint density at radius 2 is 1.67 bits per heavy atom. The van der Waals surface area contributed by atoms with Gasteiger partial charge in [-0.2, -0.15) is 0 Å². The Bertz CT molecular complexity index is 1690. The smallest absolute Gasteiger partial charge is 0.326 e. The fraction of sp³-hybridized carbons (Fsp3) is 0.564. The molecule has 1 aromatic heterocycles. The molecule has 3 heterocycles. The minimum absolute atomic E-state index is 0.0376. The summed E-state index contributed by atoms with van der Waals surface area (Å²) in [5, 5.41) is 20.6. The van der Waals surface area contributed by atoms with Crippen molar-refractivity contribution in [3.05, 3.63) is 60.2 Å². The standard InChI is InChI=1S/C39H51N7O8/c1-4-12-26(33(47)37(51)43-27(39(53)54)19-23-13-8-6-9-14-23)42-36(50)32-24(5-2)20-29-22(3)30(38(52)46(29)32)44-35(49)31(25-15-10-7-11-16-25)45-34(48)28-21-40-17-18-41-28/h6,8-9,13-14,17-18,21-22,24-27,29-32H,4-5,7,10-12,15-16,19-20H2,1-3H3,(H,42,50)(H,43,51)(H,44,49)(H,45,48)(H,53,54)/t22?,24-,26?,27-,29?,30-,31-,32-/m0/s1. The zero-order valence-corrected chi connectivity index (χ0v) is 31.0. The van der Waals surface area contributed by atoms with Gasteiger partial charge in [-0.05, 0) is 43.1 Å². The number of ketones is 1. The molecular formula is C39H51N7O8. The van der Waals surface area contributed by atoms with Gasteiger partial charge in [0.05, 0.1) is 12.2 Å². The lowest BCUT2D eigenvalue weighted by atomic mass is 9.83. The zero-order valence-electron chi connectivity index (χ0n) is 31.0. The third-order valence-corrected chi connectivity index (χ3v) is 11.2. The summed E-state index contributed by atoms with van der Waals surface area (Å²) in [7, 11) is 0. The Labute approximate surface area is 314 Å². The van der Waals surface area contributed by atoms with Gasteiger partial charge in [-0.15, -0.1) is 0 Å². The molecule has 5 rings (SSSR count). The molecule has 1 aliphatic carbocycles. The van der Waals surface area contributed by atoms with Crippen molar-refractivity contribution in [3.63, 3.8) is 0 Å². The second kappa shape index (κ2) is 18.2. The van der Waals surface area contributed by atoms with Crippen LogP contribution in [-0.2, 0) is 35.2 Å². The van der Waals surface area contributed by atoms with E-state index in [1.807, 2.05) is 13.8 Å².